The molecule has 1 aliphatic heterocycles. The molecule has 7 nitrogen and oxygen atoms in total. The predicted molar refractivity (Wildman–Crippen MR) is 132 cm³/mol. The van der Waals surface area contributed by atoms with E-state index < -0.39 is 17.7 Å². The lowest BCUT2D eigenvalue weighted by molar-refractivity contribution is -0.146. The number of aliphatic hydroxyl groups is 1. The first-order chi connectivity index (χ1) is 16.8. The van der Waals surface area contributed by atoms with Crippen molar-refractivity contribution in [3.63, 3.8) is 0 Å². The van der Waals surface area contributed by atoms with Crippen LogP contribution >= 0.6 is 11.6 Å². The van der Waals surface area contributed by atoms with Crippen LogP contribution in [0.25, 0.3) is 5.76 Å². The molecule has 1 aliphatic rings. The Hall–Kier alpha value is -3.97. The van der Waals surface area contributed by atoms with Gasteiger partial charge in [-0.2, -0.15) is 0 Å². The van der Waals surface area contributed by atoms with Gasteiger partial charge in [-0.3, -0.25) is 24.3 Å². The average Bonchev–Trinajstić information content (AvgIpc) is 3.10. The van der Waals surface area contributed by atoms with Gasteiger partial charge in [-0.25, -0.2) is 0 Å². The van der Waals surface area contributed by atoms with Gasteiger partial charge >= 0.3 is 5.97 Å². The number of aromatic nitrogens is 1. The highest BCUT2D eigenvalue weighted by atomic mass is 35.5. The number of halogens is 1. The standard InChI is InChI=1S/C27H23ClN2O5/c1-16(2)35-22(31)14-17-5-11-21(12-6-17)30-24(19-4-3-13-29-15-19)23(26(33)27(30)34)25(32)18-7-9-20(28)10-8-18/h3-13,15-16,24,32H,14H2,1-2H3/b25-23-. The third kappa shape index (κ3) is 5.10. The number of ether oxygens (including phenoxy) is 1. The van der Waals surface area contributed by atoms with Crippen LogP contribution in [0.1, 0.15) is 36.6 Å². The Labute approximate surface area is 207 Å². The number of amides is 1. The van der Waals surface area contributed by atoms with Crippen LogP contribution in [0.3, 0.4) is 0 Å². The minimum Gasteiger partial charge on any atom is -0.507 e. The van der Waals surface area contributed by atoms with Crippen LogP contribution in [0, 0.1) is 0 Å². The Kier molecular flexibility index (Phi) is 6.98. The van der Waals surface area contributed by atoms with E-state index in [1.54, 1.807) is 86.9 Å². The van der Waals surface area contributed by atoms with Gasteiger partial charge in [-0.1, -0.05) is 29.8 Å². The van der Waals surface area contributed by atoms with Crippen LogP contribution in [0.5, 0.6) is 0 Å². The molecule has 1 saturated heterocycles. The fourth-order valence-corrected chi connectivity index (χ4v) is 4.09. The van der Waals surface area contributed by atoms with Gasteiger partial charge in [0.05, 0.1) is 24.1 Å². The van der Waals surface area contributed by atoms with E-state index >= 15 is 0 Å². The Morgan fingerprint density at radius 1 is 1.09 bits per heavy atom. The van der Waals surface area contributed by atoms with Crippen molar-refractivity contribution in [1.29, 1.82) is 0 Å². The number of esters is 1. The van der Waals surface area contributed by atoms with Crippen LogP contribution in [0.15, 0.2) is 78.6 Å². The third-order valence-corrected chi connectivity index (χ3v) is 5.74. The maximum Gasteiger partial charge on any atom is 0.310 e. The third-order valence-electron chi connectivity index (χ3n) is 5.49. The summed E-state index contributed by atoms with van der Waals surface area (Å²) in [6.07, 6.45) is 3.00. The molecule has 1 atom stereocenters. The van der Waals surface area contributed by atoms with E-state index in [0.717, 1.165) is 0 Å². The number of ketones is 1. The number of carbonyl (C=O) groups excluding carboxylic acids is 3. The van der Waals surface area contributed by atoms with Gasteiger partial charge in [0.25, 0.3) is 11.7 Å². The molecule has 2 heterocycles. The van der Waals surface area contributed by atoms with E-state index in [0.29, 0.717) is 27.4 Å². The van der Waals surface area contributed by atoms with Crippen LogP contribution in [-0.2, 0) is 25.5 Å². The zero-order valence-electron chi connectivity index (χ0n) is 19.1. The number of rotatable bonds is 6. The summed E-state index contributed by atoms with van der Waals surface area (Å²) in [5.74, 6) is -2.24. The molecule has 3 aromatic rings. The smallest absolute Gasteiger partial charge is 0.310 e. The highest BCUT2D eigenvalue weighted by Gasteiger charge is 2.47. The number of carbonyl (C=O) groups is 3. The monoisotopic (exact) mass is 490 g/mol. The number of hydrogen-bond donors (Lipinski definition) is 1. The van der Waals surface area contributed by atoms with E-state index in [-0.39, 0.29) is 29.8 Å². The zero-order valence-corrected chi connectivity index (χ0v) is 19.9. The largest absolute Gasteiger partial charge is 0.507 e. The summed E-state index contributed by atoms with van der Waals surface area (Å²) >= 11 is 5.96. The second kappa shape index (κ2) is 10.1. The van der Waals surface area contributed by atoms with Crippen molar-refractivity contribution in [3.05, 3.63) is 100 Å². The lowest BCUT2D eigenvalue weighted by Crippen LogP contribution is -2.29. The topological polar surface area (TPSA) is 96.8 Å². The molecule has 0 saturated carbocycles. The Bertz CT molecular complexity index is 1290. The van der Waals surface area contributed by atoms with Crippen molar-refractivity contribution in [2.24, 2.45) is 0 Å². The van der Waals surface area contributed by atoms with Crippen LogP contribution in [0.2, 0.25) is 5.02 Å². The molecule has 8 heteroatoms. The molecule has 1 fully saturated rings. The highest BCUT2D eigenvalue weighted by Crippen LogP contribution is 2.42. The molecule has 0 bridgehead atoms. The van der Waals surface area contributed by atoms with Gasteiger partial charge in [0.15, 0.2) is 0 Å². The SMILES string of the molecule is CC(C)OC(=O)Cc1ccc(N2C(=O)C(=O)/C(=C(\O)c3ccc(Cl)cc3)C2c2cccnc2)cc1. The van der Waals surface area contributed by atoms with Gasteiger partial charge < -0.3 is 9.84 Å². The van der Waals surface area contributed by atoms with E-state index in [1.807, 2.05) is 0 Å². The molecule has 0 spiro atoms. The fraction of sp³-hybridized carbons (Fsp3) is 0.185. The van der Waals surface area contributed by atoms with Crippen molar-refractivity contribution in [3.8, 4) is 0 Å². The van der Waals surface area contributed by atoms with Gasteiger partial charge in [0.2, 0.25) is 0 Å². The van der Waals surface area contributed by atoms with E-state index in [9.17, 15) is 19.5 Å². The number of Topliss-reactive ketones (excluding diaryl/α,β-unsaturated/α-hetero) is 1. The van der Waals surface area contributed by atoms with Gasteiger partial charge in [0, 0.05) is 28.7 Å². The van der Waals surface area contributed by atoms with E-state index in [1.165, 1.54) is 4.90 Å². The quantitative estimate of drug-likeness (QED) is 0.229. The van der Waals surface area contributed by atoms with Crippen molar-refractivity contribution >= 4 is 40.7 Å². The summed E-state index contributed by atoms with van der Waals surface area (Å²) in [4.78, 5) is 43.8. The molecule has 2 aromatic carbocycles. The lowest BCUT2D eigenvalue weighted by Gasteiger charge is -2.25. The summed E-state index contributed by atoms with van der Waals surface area (Å²) in [5.41, 5.74) is 2.02. The molecule has 1 N–H and O–H groups in total. The number of aliphatic hydroxyl groups excluding tert-OH is 1. The van der Waals surface area contributed by atoms with Gasteiger partial charge in [-0.05, 0) is 67.4 Å². The maximum absolute atomic E-state index is 13.2. The molecular weight excluding hydrogens is 468 g/mol. The normalized spacial score (nSPS) is 17.1. The number of hydrogen-bond acceptors (Lipinski definition) is 6. The Balaban J connectivity index is 1.76. The fourth-order valence-electron chi connectivity index (χ4n) is 3.96. The van der Waals surface area contributed by atoms with E-state index in [4.69, 9.17) is 16.3 Å². The molecule has 0 radical (unpaired) electrons. The Morgan fingerprint density at radius 2 is 1.77 bits per heavy atom. The van der Waals surface area contributed by atoms with Crippen molar-refractivity contribution in [1.82, 2.24) is 4.98 Å². The Morgan fingerprint density at radius 3 is 2.37 bits per heavy atom. The molecular formula is C27H23ClN2O5. The number of benzene rings is 2. The van der Waals surface area contributed by atoms with E-state index in [2.05, 4.69) is 4.98 Å². The van der Waals surface area contributed by atoms with Gasteiger partial charge in [0.1, 0.15) is 5.76 Å². The zero-order chi connectivity index (χ0) is 25.1. The van der Waals surface area contributed by atoms with Gasteiger partial charge in [-0.15, -0.1) is 0 Å². The first-order valence-corrected chi connectivity index (χ1v) is 11.4. The maximum atomic E-state index is 13.2. The minimum atomic E-state index is -0.892. The van der Waals surface area contributed by atoms with Crippen molar-refractivity contribution in [2.45, 2.75) is 32.4 Å². The molecule has 1 amide bonds. The number of pyridine rings is 1. The molecule has 1 aromatic heterocycles. The lowest BCUT2D eigenvalue weighted by atomic mass is 9.96. The summed E-state index contributed by atoms with van der Waals surface area (Å²) in [6.45, 7) is 3.56. The highest BCUT2D eigenvalue weighted by molar-refractivity contribution is 6.51. The second-order valence-electron chi connectivity index (χ2n) is 8.34. The molecule has 178 valence electrons. The van der Waals surface area contributed by atoms with Crippen molar-refractivity contribution in [2.75, 3.05) is 4.90 Å². The minimum absolute atomic E-state index is 0.0464. The first-order valence-electron chi connectivity index (χ1n) is 11.0. The van der Waals surface area contributed by atoms with Crippen LogP contribution in [-0.4, -0.2) is 33.9 Å². The summed E-state index contributed by atoms with van der Waals surface area (Å²) in [6, 6.07) is 15.6. The van der Waals surface area contributed by atoms with Crippen LogP contribution < -0.4 is 4.90 Å². The summed E-state index contributed by atoms with van der Waals surface area (Å²) < 4.78 is 5.18. The van der Waals surface area contributed by atoms with Crippen molar-refractivity contribution < 1.29 is 24.2 Å². The second-order valence-corrected chi connectivity index (χ2v) is 8.78. The van der Waals surface area contributed by atoms with Crippen LogP contribution in [0.4, 0.5) is 5.69 Å². The summed E-state index contributed by atoms with van der Waals surface area (Å²) in [5, 5.41) is 11.6. The summed E-state index contributed by atoms with van der Waals surface area (Å²) in [7, 11) is 0. The predicted octanol–water partition coefficient (Wildman–Crippen LogP) is 4.86. The molecule has 35 heavy (non-hydrogen) atoms. The molecule has 1 unspecified atom stereocenters. The average molecular weight is 491 g/mol. The molecule has 0 aliphatic carbocycles. The first kappa shape index (κ1) is 24.2. The number of nitrogens with zero attached hydrogens (tertiary/aromatic N) is 2. The molecule has 4 rings (SSSR count). The number of anilines is 1.